The molecule has 0 saturated heterocycles. The zero-order chi connectivity index (χ0) is 13.1. The van der Waals surface area contributed by atoms with Crippen LogP contribution in [0.1, 0.15) is 22.7 Å². The first-order valence-electron chi connectivity index (χ1n) is 5.60. The second-order valence-corrected chi connectivity index (χ2v) is 4.98. The Labute approximate surface area is 114 Å². The lowest BCUT2D eigenvalue weighted by Crippen LogP contribution is -2.29. The SMILES string of the molecule is Cc1cc(C(NN)c2ccccc2Br)ccc1F. The Morgan fingerprint density at radius 3 is 2.56 bits per heavy atom. The third kappa shape index (κ3) is 2.61. The molecule has 4 heteroatoms. The Kier molecular flexibility index (Phi) is 4.11. The average Bonchev–Trinajstić information content (AvgIpc) is 2.37. The van der Waals surface area contributed by atoms with Crippen molar-refractivity contribution in [2.24, 2.45) is 5.84 Å². The Bertz CT molecular complexity index is 557. The number of benzene rings is 2. The molecule has 1 atom stereocenters. The second-order valence-electron chi connectivity index (χ2n) is 4.13. The summed E-state index contributed by atoms with van der Waals surface area (Å²) in [6.07, 6.45) is 0. The van der Waals surface area contributed by atoms with E-state index in [1.54, 1.807) is 19.1 Å². The summed E-state index contributed by atoms with van der Waals surface area (Å²) in [6, 6.07) is 12.7. The maximum absolute atomic E-state index is 13.3. The number of hydrogen-bond acceptors (Lipinski definition) is 2. The van der Waals surface area contributed by atoms with Crippen LogP contribution in [0.15, 0.2) is 46.9 Å². The molecule has 2 nitrogen and oxygen atoms in total. The predicted octanol–water partition coefficient (Wildman–Crippen LogP) is 3.45. The van der Waals surface area contributed by atoms with Gasteiger partial charge in [-0.15, -0.1) is 0 Å². The standard InChI is InChI=1S/C14H14BrFN2/c1-9-8-10(6-7-13(9)16)14(18-17)11-4-2-3-5-12(11)15/h2-8,14,18H,17H2,1H3. The fraction of sp³-hybridized carbons (Fsp3) is 0.143. The highest BCUT2D eigenvalue weighted by Gasteiger charge is 2.15. The maximum Gasteiger partial charge on any atom is 0.126 e. The molecule has 0 aliphatic rings. The van der Waals surface area contributed by atoms with E-state index in [4.69, 9.17) is 5.84 Å². The molecule has 0 spiro atoms. The van der Waals surface area contributed by atoms with Gasteiger partial charge in [0.1, 0.15) is 5.82 Å². The van der Waals surface area contributed by atoms with Gasteiger partial charge in [-0.25, -0.2) is 9.82 Å². The Hall–Kier alpha value is -1.23. The topological polar surface area (TPSA) is 38.0 Å². The molecular formula is C14H14BrFN2. The maximum atomic E-state index is 13.3. The van der Waals surface area contributed by atoms with Crippen molar-refractivity contribution in [1.82, 2.24) is 5.43 Å². The van der Waals surface area contributed by atoms with Gasteiger partial charge in [-0.1, -0.05) is 46.3 Å². The predicted molar refractivity (Wildman–Crippen MR) is 74.4 cm³/mol. The summed E-state index contributed by atoms with van der Waals surface area (Å²) in [5, 5.41) is 0. The molecule has 0 radical (unpaired) electrons. The van der Waals surface area contributed by atoms with Gasteiger partial charge in [-0.2, -0.15) is 0 Å². The molecule has 94 valence electrons. The van der Waals surface area contributed by atoms with Gasteiger partial charge >= 0.3 is 0 Å². The molecule has 2 aromatic carbocycles. The highest BCUT2D eigenvalue weighted by atomic mass is 79.9. The van der Waals surface area contributed by atoms with Crippen LogP contribution < -0.4 is 11.3 Å². The molecule has 0 aliphatic carbocycles. The van der Waals surface area contributed by atoms with Crippen LogP contribution >= 0.6 is 15.9 Å². The third-order valence-electron chi connectivity index (χ3n) is 2.90. The van der Waals surface area contributed by atoms with Gasteiger partial charge in [0.2, 0.25) is 0 Å². The fourth-order valence-corrected chi connectivity index (χ4v) is 2.44. The molecule has 0 aliphatic heterocycles. The van der Waals surface area contributed by atoms with Crippen molar-refractivity contribution < 1.29 is 4.39 Å². The van der Waals surface area contributed by atoms with Crippen LogP contribution in [0.3, 0.4) is 0 Å². The first-order valence-corrected chi connectivity index (χ1v) is 6.39. The Balaban J connectivity index is 2.45. The van der Waals surface area contributed by atoms with E-state index in [0.29, 0.717) is 5.56 Å². The molecule has 1 unspecified atom stereocenters. The molecule has 18 heavy (non-hydrogen) atoms. The van der Waals surface area contributed by atoms with Crippen LogP contribution in [0, 0.1) is 12.7 Å². The van der Waals surface area contributed by atoms with Crippen molar-refractivity contribution in [2.45, 2.75) is 13.0 Å². The first-order chi connectivity index (χ1) is 8.63. The van der Waals surface area contributed by atoms with E-state index < -0.39 is 0 Å². The van der Waals surface area contributed by atoms with E-state index >= 15 is 0 Å². The molecule has 0 aromatic heterocycles. The number of hydrazine groups is 1. The van der Waals surface area contributed by atoms with Gasteiger partial charge in [0.05, 0.1) is 6.04 Å². The second kappa shape index (κ2) is 5.61. The molecule has 0 saturated carbocycles. The number of hydrogen-bond donors (Lipinski definition) is 2. The van der Waals surface area contributed by atoms with E-state index in [2.05, 4.69) is 21.4 Å². The monoisotopic (exact) mass is 308 g/mol. The zero-order valence-corrected chi connectivity index (χ0v) is 11.5. The largest absolute Gasteiger partial charge is 0.271 e. The summed E-state index contributed by atoms with van der Waals surface area (Å²) >= 11 is 3.50. The van der Waals surface area contributed by atoms with E-state index in [9.17, 15) is 4.39 Å². The summed E-state index contributed by atoms with van der Waals surface area (Å²) < 4.78 is 14.3. The molecule has 2 rings (SSSR count). The lowest BCUT2D eigenvalue weighted by Gasteiger charge is -2.19. The quantitative estimate of drug-likeness (QED) is 0.673. The smallest absolute Gasteiger partial charge is 0.126 e. The van der Waals surface area contributed by atoms with Gasteiger partial charge in [0, 0.05) is 4.47 Å². The van der Waals surface area contributed by atoms with Gasteiger partial charge in [-0.05, 0) is 35.7 Å². The Morgan fingerprint density at radius 2 is 1.94 bits per heavy atom. The first kappa shape index (κ1) is 13.2. The molecule has 2 aromatic rings. The van der Waals surface area contributed by atoms with Gasteiger partial charge < -0.3 is 0 Å². The molecule has 3 N–H and O–H groups in total. The van der Waals surface area contributed by atoms with Gasteiger partial charge in [0.15, 0.2) is 0 Å². The molecule has 0 amide bonds. The summed E-state index contributed by atoms with van der Waals surface area (Å²) in [6.45, 7) is 1.74. The number of aryl methyl sites for hydroxylation is 1. The van der Waals surface area contributed by atoms with Crippen LogP contribution in [0.5, 0.6) is 0 Å². The molecule has 0 bridgehead atoms. The normalized spacial score (nSPS) is 12.4. The van der Waals surface area contributed by atoms with E-state index in [-0.39, 0.29) is 11.9 Å². The summed E-state index contributed by atoms with van der Waals surface area (Å²) in [5.74, 6) is 5.42. The van der Waals surface area contributed by atoms with Crippen molar-refractivity contribution in [2.75, 3.05) is 0 Å². The lowest BCUT2D eigenvalue weighted by atomic mass is 9.98. The summed E-state index contributed by atoms with van der Waals surface area (Å²) in [7, 11) is 0. The number of halogens is 2. The molecule has 0 fully saturated rings. The van der Waals surface area contributed by atoms with Crippen LogP contribution in [0.25, 0.3) is 0 Å². The number of rotatable bonds is 3. The van der Waals surface area contributed by atoms with Crippen molar-refractivity contribution in [3.8, 4) is 0 Å². The fourth-order valence-electron chi connectivity index (χ4n) is 1.92. The number of nitrogens with one attached hydrogen (secondary N) is 1. The van der Waals surface area contributed by atoms with Crippen LogP contribution in [-0.4, -0.2) is 0 Å². The Morgan fingerprint density at radius 1 is 1.22 bits per heavy atom. The molecule has 0 heterocycles. The minimum absolute atomic E-state index is 0.167. The van der Waals surface area contributed by atoms with Crippen LogP contribution in [-0.2, 0) is 0 Å². The van der Waals surface area contributed by atoms with Crippen molar-refractivity contribution >= 4 is 15.9 Å². The van der Waals surface area contributed by atoms with E-state index in [0.717, 1.165) is 15.6 Å². The molecular weight excluding hydrogens is 295 g/mol. The van der Waals surface area contributed by atoms with E-state index in [1.807, 2.05) is 24.3 Å². The van der Waals surface area contributed by atoms with Crippen molar-refractivity contribution in [3.05, 3.63) is 69.4 Å². The highest BCUT2D eigenvalue weighted by Crippen LogP contribution is 2.28. The zero-order valence-electron chi connectivity index (χ0n) is 9.95. The average molecular weight is 309 g/mol. The minimum atomic E-state index is -0.207. The summed E-state index contributed by atoms with van der Waals surface area (Å²) in [5.41, 5.74) is 5.33. The van der Waals surface area contributed by atoms with Crippen molar-refractivity contribution in [1.29, 1.82) is 0 Å². The van der Waals surface area contributed by atoms with Gasteiger partial charge in [0.25, 0.3) is 0 Å². The third-order valence-corrected chi connectivity index (χ3v) is 3.62. The summed E-state index contributed by atoms with van der Waals surface area (Å²) in [4.78, 5) is 0. The van der Waals surface area contributed by atoms with Gasteiger partial charge in [-0.3, -0.25) is 5.84 Å². The van der Waals surface area contributed by atoms with Crippen molar-refractivity contribution in [3.63, 3.8) is 0 Å². The lowest BCUT2D eigenvalue weighted by molar-refractivity contribution is 0.607. The number of nitrogens with two attached hydrogens (primary N) is 1. The van der Waals surface area contributed by atoms with E-state index in [1.165, 1.54) is 6.07 Å². The van der Waals surface area contributed by atoms with Crippen LogP contribution in [0.4, 0.5) is 4.39 Å². The highest BCUT2D eigenvalue weighted by molar-refractivity contribution is 9.10. The minimum Gasteiger partial charge on any atom is -0.271 e. The van der Waals surface area contributed by atoms with Crippen LogP contribution in [0.2, 0.25) is 0 Å².